The van der Waals surface area contributed by atoms with Gasteiger partial charge in [0.25, 0.3) is 0 Å². The third kappa shape index (κ3) is 3.55. The van der Waals surface area contributed by atoms with E-state index >= 15 is 0 Å². The maximum atomic E-state index is 13.8. The van der Waals surface area contributed by atoms with Gasteiger partial charge >= 0.3 is 12.1 Å². The first kappa shape index (κ1) is 16.3. The second-order valence-corrected chi connectivity index (χ2v) is 6.38. The molecule has 22 heavy (non-hydrogen) atoms. The Bertz CT molecular complexity index is 594. The van der Waals surface area contributed by atoms with E-state index in [2.05, 4.69) is 0 Å². The molecule has 120 valence electrons. The van der Waals surface area contributed by atoms with Gasteiger partial charge in [-0.15, -0.1) is 0 Å². The minimum atomic E-state index is -1.31. The van der Waals surface area contributed by atoms with E-state index in [9.17, 15) is 14.0 Å². The summed E-state index contributed by atoms with van der Waals surface area (Å²) in [6.45, 7) is 5.91. The second-order valence-electron chi connectivity index (χ2n) is 6.38. The number of carboxylic acid groups (broad SMARTS) is 1. The number of rotatable bonds is 2. The van der Waals surface area contributed by atoms with Crippen molar-refractivity contribution in [2.24, 2.45) is 0 Å². The first-order valence-corrected chi connectivity index (χ1v) is 7.21. The van der Waals surface area contributed by atoms with Gasteiger partial charge in [-0.1, -0.05) is 6.07 Å². The molecule has 1 N–H and O–H groups in total. The van der Waals surface area contributed by atoms with E-state index in [0.717, 1.165) is 6.42 Å². The Morgan fingerprint density at radius 1 is 1.36 bits per heavy atom. The number of likely N-dealkylation sites (tertiary alicyclic amines) is 1. The highest BCUT2D eigenvalue weighted by atomic mass is 19.1. The van der Waals surface area contributed by atoms with Crippen molar-refractivity contribution < 1.29 is 23.8 Å². The van der Waals surface area contributed by atoms with E-state index in [1.165, 1.54) is 12.1 Å². The van der Waals surface area contributed by atoms with Crippen LogP contribution in [0.25, 0.3) is 0 Å². The summed E-state index contributed by atoms with van der Waals surface area (Å²) in [5.74, 6) is -2.10. The molecule has 6 heteroatoms. The quantitative estimate of drug-likeness (QED) is 0.906. The van der Waals surface area contributed by atoms with Crippen LogP contribution in [0.3, 0.4) is 0 Å². The van der Waals surface area contributed by atoms with Crippen molar-refractivity contribution in [3.63, 3.8) is 0 Å². The smallest absolute Gasteiger partial charge is 0.410 e. The molecule has 1 heterocycles. The summed E-state index contributed by atoms with van der Waals surface area (Å²) in [7, 11) is 0. The number of nitrogens with zero attached hydrogens (tertiary/aromatic N) is 1. The van der Waals surface area contributed by atoms with Gasteiger partial charge in [0.15, 0.2) is 0 Å². The number of carboxylic acids is 1. The van der Waals surface area contributed by atoms with Crippen LogP contribution in [-0.2, 0) is 4.74 Å². The van der Waals surface area contributed by atoms with Crippen LogP contribution in [0.4, 0.5) is 9.18 Å². The van der Waals surface area contributed by atoms with Gasteiger partial charge in [0.1, 0.15) is 11.4 Å². The van der Waals surface area contributed by atoms with Crippen molar-refractivity contribution in [1.82, 2.24) is 4.90 Å². The Kier molecular flexibility index (Phi) is 4.39. The summed E-state index contributed by atoms with van der Waals surface area (Å²) in [5, 5.41) is 8.87. The summed E-state index contributed by atoms with van der Waals surface area (Å²) in [4.78, 5) is 24.6. The summed E-state index contributed by atoms with van der Waals surface area (Å²) >= 11 is 0. The Morgan fingerprint density at radius 3 is 2.59 bits per heavy atom. The van der Waals surface area contributed by atoms with Crippen molar-refractivity contribution in [1.29, 1.82) is 0 Å². The lowest BCUT2D eigenvalue weighted by Gasteiger charge is -2.29. The number of aromatic carboxylic acids is 1. The molecule has 2 rings (SSSR count). The van der Waals surface area contributed by atoms with Gasteiger partial charge in [0, 0.05) is 6.54 Å². The van der Waals surface area contributed by atoms with Crippen molar-refractivity contribution in [3.05, 3.63) is 35.1 Å². The Labute approximate surface area is 128 Å². The van der Waals surface area contributed by atoms with Gasteiger partial charge in [0.05, 0.1) is 11.6 Å². The van der Waals surface area contributed by atoms with Gasteiger partial charge in [-0.2, -0.15) is 0 Å². The summed E-state index contributed by atoms with van der Waals surface area (Å²) < 4.78 is 19.2. The molecular formula is C16H20FNO4. The van der Waals surface area contributed by atoms with Gasteiger partial charge in [-0.05, 0) is 51.3 Å². The maximum absolute atomic E-state index is 13.8. The topological polar surface area (TPSA) is 66.8 Å². The molecule has 1 aliphatic rings. The monoisotopic (exact) mass is 309 g/mol. The largest absolute Gasteiger partial charge is 0.478 e. The Balaban J connectivity index is 2.22. The van der Waals surface area contributed by atoms with Crippen LogP contribution in [0.2, 0.25) is 0 Å². The molecule has 0 unspecified atom stereocenters. The lowest BCUT2D eigenvalue weighted by molar-refractivity contribution is 0.0223. The molecule has 1 aromatic carbocycles. The zero-order valence-corrected chi connectivity index (χ0v) is 12.9. The van der Waals surface area contributed by atoms with Crippen molar-refractivity contribution in [2.75, 3.05) is 6.54 Å². The maximum Gasteiger partial charge on any atom is 0.410 e. The fraction of sp³-hybridized carbons (Fsp3) is 0.500. The Morgan fingerprint density at radius 2 is 2.05 bits per heavy atom. The average Bonchev–Trinajstić information content (AvgIpc) is 2.85. The number of halogens is 1. The molecule has 1 amide bonds. The van der Waals surface area contributed by atoms with Crippen LogP contribution >= 0.6 is 0 Å². The van der Waals surface area contributed by atoms with E-state index in [-0.39, 0.29) is 11.6 Å². The average molecular weight is 309 g/mol. The number of ether oxygens (including phenoxy) is 1. The van der Waals surface area contributed by atoms with Gasteiger partial charge in [-0.25, -0.2) is 14.0 Å². The summed E-state index contributed by atoms with van der Waals surface area (Å²) in [6, 6.07) is 3.70. The molecule has 1 fully saturated rings. The summed E-state index contributed by atoms with van der Waals surface area (Å²) in [6.07, 6.45) is 1.06. The molecular weight excluding hydrogens is 289 g/mol. The number of amides is 1. The molecule has 0 bridgehead atoms. The lowest BCUT2D eigenvalue weighted by Crippen LogP contribution is -2.36. The minimum absolute atomic E-state index is 0.285. The van der Waals surface area contributed by atoms with E-state index in [4.69, 9.17) is 9.84 Å². The predicted octanol–water partition coefficient (Wildman–Crippen LogP) is 3.60. The predicted molar refractivity (Wildman–Crippen MR) is 78.3 cm³/mol. The van der Waals surface area contributed by atoms with Crippen LogP contribution in [-0.4, -0.2) is 34.2 Å². The van der Waals surface area contributed by atoms with E-state index < -0.39 is 23.5 Å². The Hall–Kier alpha value is -2.11. The van der Waals surface area contributed by atoms with E-state index in [1.54, 1.807) is 31.7 Å². The van der Waals surface area contributed by atoms with Crippen LogP contribution in [0.5, 0.6) is 0 Å². The van der Waals surface area contributed by atoms with E-state index in [0.29, 0.717) is 18.5 Å². The van der Waals surface area contributed by atoms with Crippen LogP contribution in [0, 0.1) is 5.82 Å². The SMILES string of the molecule is CC(C)(C)OC(=O)N1CCC[C@@H]1c1ccc(C(=O)O)c(F)c1. The molecule has 1 saturated heterocycles. The highest BCUT2D eigenvalue weighted by Gasteiger charge is 2.33. The molecule has 0 spiro atoms. The van der Waals surface area contributed by atoms with Crippen LogP contribution in [0.15, 0.2) is 18.2 Å². The minimum Gasteiger partial charge on any atom is -0.478 e. The van der Waals surface area contributed by atoms with Crippen molar-refractivity contribution in [3.8, 4) is 0 Å². The molecule has 5 nitrogen and oxygen atoms in total. The molecule has 1 aromatic rings. The third-order valence-corrected chi connectivity index (χ3v) is 3.49. The number of hydrogen-bond donors (Lipinski definition) is 1. The van der Waals surface area contributed by atoms with Crippen molar-refractivity contribution in [2.45, 2.75) is 45.3 Å². The lowest BCUT2D eigenvalue weighted by atomic mass is 10.0. The van der Waals surface area contributed by atoms with Crippen LogP contribution in [0.1, 0.15) is 55.6 Å². The van der Waals surface area contributed by atoms with Crippen molar-refractivity contribution >= 4 is 12.1 Å². The fourth-order valence-electron chi connectivity index (χ4n) is 2.56. The number of benzene rings is 1. The normalized spacial score (nSPS) is 18.4. The van der Waals surface area contributed by atoms with E-state index in [1.807, 2.05) is 0 Å². The molecule has 0 radical (unpaired) electrons. The second kappa shape index (κ2) is 5.94. The summed E-state index contributed by atoms with van der Waals surface area (Å²) in [5.41, 5.74) is -0.376. The number of hydrogen-bond acceptors (Lipinski definition) is 3. The molecule has 0 aromatic heterocycles. The fourth-order valence-corrected chi connectivity index (χ4v) is 2.56. The zero-order valence-electron chi connectivity index (χ0n) is 12.9. The molecule has 1 atom stereocenters. The molecule has 0 aliphatic carbocycles. The van der Waals surface area contributed by atoms with Gasteiger partial charge < -0.3 is 14.7 Å². The first-order valence-electron chi connectivity index (χ1n) is 7.21. The number of carbonyl (C=O) groups is 2. The molecule has 1 aliphatic heterocycles. The highest BCUT2D eigenvalue weighted by Crippen LogP contribution is 2.33. The van der Waals surface area contributed by atoms with Gasteiger partial charge in [0.2, 0.25) is 0 Å². The standard InChI is InChI=1S/C16H20FNO4/c1-16(2,3)22-15(21)18-8-4-5-13(18)10-6-7-11(14(19)20)12(17)9-10/h6-7,9,13H,4-5,8H2,1-3H3,(H,19,20)/t13-/m1/s1. The van der Waals surface area contributed by atoms with Crippen LogP contribution < -0.4 is 0 Å². The number of carbonyl (C=O) groups excluding carboxylic acids is 1. The highest BCUT2D eigenvalue weighted by molar-refractivity contribution is 5.88. The third-order valence-electron chi connectivity index (χ3n) is 3.49. The zero-order chi connectivity index (χ0) is 16.5. The van der Waals surface area contributed by atoms with Gasteiger partial charge in [-0.3, -0.25) is 0 Å². The molecule has 0 saturated carbocycles. The first-order chi connectivity index (χ1) is 10.2.